The lowest BCUT2D eigenvalue weighted by molar-refractivity contribution is 0.705. The molecule has 22 nitrogen and oxygen atoms in total. The van der Waals surface area contributed by atoms with E-state index < -0.39 is 0 Å². The molecule has 0 saturated heterocycles. The van der Waals surface area contributed by atoms with E-state index in [1.165, 1.54) is 106 Å². The van der Waals surface area contributed by atoms with Gasteiger partial charge in [-0.3, -0.25) is 38.2 Å². The first-order valence-electron chi connectivity index (χ1n) is 44.1. The molecule has 0 bridgehead atoms. The molecule has 0 fully saturated rings. The van der Waals surface area contributed by atoms with Gasteiger partial charge in [0.2, 0.25) is 0 Å². The highest BCUT2D eigenvalue weighted by atomic mass is 16.2. The average molecular weight is 1690 g/mol. The number of fused-ring (bicyclic) bond motifs is 7. The maximum absolute atomic E-state index is 12.5. The fourth-order valence-electron chi connectivity index (χ4n) is 17.5. The number of benzene rings is 3. The Hall–Kier alpha value is -11.2. The Kier molecular flexibility index (Phi) is 31.1. The van der Waals surface area contributed by atoms with Gasteiger partial charge in [0.25, 0.3) is 11.1 Å². The summed E-state index contributed by atoms with van der Waals surface area (Å²) in [5.41, 5.74) is 43.0. The Labute approximate surface area is 741 Å². The van der Waals surface area contributed by atoms with Crippen LogP contribution in [0.25, 0.3) is 76.8 Å². The zero-order valence-corrected chi connectivity index (χ0v) is 83.8. The third-order valence-electron chi connectivity index (χ3n) is 25.8. The van der Waals surface area contributed by atoms with Crippen LogP contribution in [0.3, 0.4) is 0 Å². The molecule has 666 valence electrons. The maximum Gasteiger partial charge on any atom is 0.348 e. The number of hydrogen-bond donors (Lipinski definition) is 0. The largest absolute Gasteiger partial charge is 0.348 e. The van der Waals surface area contributed by atoms with Gasteiger partial charge < -0.3 is 4.57 Å². The van der Waals surface area contributed by atoms with E-state index in [1.54, 1.807) is 16.2 Å². The van der Waals surface area contributed by atoms with E-state index in [0.717, 1.165) is 157 Å². The maximum atomic E-state index is 12.5. The molecule has 0 aliphatic heterocycles. The van der Waals surface area contributed by atoms with Gasteiger partial charge in [0.15, 0.2) is 5.65 Å². The summed E-state index contributed by atoms with van der Waals surface area (Å²) in [5.74, 6) is 4.92. The van der Waals surface area contributed by atoms with Crippen molar-refractivity contribution in [2.24, 2.45) is 28.2 Å². The molecule has 22 heteroatoms. The summed E-state index contributed by atoms with van der Waals surface area (Å²) in [5, 5.41) is 12.9. The van der Waals surface area contributed by atoms with Gasteiger partial charge in [-0.1, -0.05) is 96.9 Å². The summed E-state index contributed by atoms with van der Waals surface area (Å²) in [6.45, 7) is 83.4. The van der Waals surface area contributed by atoms with Gasteiger partial charge in [-0.25, -0.2) is 49.5 Å². The van der Waals surface area contributed by atoms with Crippen molar-refractivity contribution in [1.82, 2.24) is 88.3 Å². The molecular formula is C103H140N18O4. The van der Waals surface area contributed by atoms with Crippen molar-refractivity contribution in [1.29, 1.82) is 0 Å². The molecule has 0 N–H and O–H groups in total. The molecule has 0 amide bonds. The second-order valence-corrected chi connectivity index (χ2v) is 36.7. The SMILES string of the molecule is Cc1c(C)c(C(C)C)c2c(c(C)nc(=O)n2C)c1C.Cc1c(C)c(C(C)C)c2c(c1C)c(=O)n(C)c(=O)n2C.Cc1c(C)c(C(C)C)c2c(c1C)c(C)c(C)c(=O)n2C.Cc1nc(C(C)C)c2nc(C)c(C)nc2n1.Cc1nc(C(C)C)c2nc(C)nc(C)c2n1.Cc1nc2c(C(C)C)c(C)nnc2c(C)c1C.Cc1nc2c(C(C)C)cnc(C)c2c(C)c1C. The number of hydrogen-bond acceptors (Lipinski definition) is 18. The minimum atomic E-state index is -0.271. The lowest BCUT2D eigenvalue weighted by atomic mass is 9.86. The Morgan fingerprint density at radius 2 is 0.648 bits per heavy atom. The van der Waals surface area contributed by atoms with Crippen LogP contribution in [0.5, 0.6) is 0 Å². The minimum absolute atomic E-state index is 0.125. The number of aryl methyl sites for hydroxylation is 20. The lowest BCUT2D eigenvalue weighted by Crippen LogP contribution is -2.38. The fraction of sp³-hybridized carbons (Fsp3) is 0.495. The minimum Gasteiger partial charge on any atom is -0.311 e. The molecule has 0 radical (unpaired) electrons. The van der Waals surface area contributed by atoms with Crippen LogP contribution >= 0.6 is 0 Å². The Morgan fingerprint density at radius 1 is 0.240 bits per heavy atom. The van der Waals surface area contributed by atoms with E-state index in [4.69, 9.17) is 9.97 Å². The van der Waals surface area contributed by atoms with E-state index in [1.807, 2.05) is 101 Å². The van der Waals surface area contributed by atoms with E-state index >= 15 is 0 Å². The van der Waals surface area contributed by atoms with Crippen molar-refractivity contribution in [3.05, 3.63) is 234 Å². The van der Waals surface area contributed by atoms with Gasteiger partial charge in [0.05, 0.1) is 72.8 Å². The molecule has 0 spiro atoms. The molecule has 3 aromatic carbocycles. The van der Waals surface area contributed by atoms with E-state index in [9.17, 15) is 19.2 Å². The molecule has 0 saturated carbocycles. The zero-order valence-electron chi connectivity index (χ0n) is 83.8. The molecular weight excluding hydrogens is 1550 g/mol. The van der Waals surface area contributed by atoms with E-state index in [2.05, 4.69) is 261 Å². The van der Waals surface area contributed by atoms with E-state index in [0.29, 0.717) is 46.5 Å². The second kappa shape index (κ2) is 39.2. The predicted molar refractivity (Wildman–Crippen MR) is 520 cm³/mol. The second-order valence-electron chi connectivity index (χ2n) is 36.7. The fourth-order valence-corrected chi connectivity index (χ4v) is 17.5. The van der Waals surface area contributed by atoms with Crippen molar-refractivity contribution >= 4 is 76.8 Å². The summed E-state index contributed by atoms with van der Waals surface area (Å²) in [6, 6.07) is 0. The first-order chi connectivity index (χ1) is 58.0. The summed E-state index contributed by atoms with van der Waals surface area (Å²) in [4.78, 5) is 103. The van der Waals surface area contributed by atoms with Crippen molar-refractivity contribution in [3.63, 3.8) is 0 Å². The summed E-state index contributed by atoms with van der Waals surface area (Å²) < 4.78 is 6.32. The van der Waals surface area contributed by atoms with Crippen molar-refractivity contribution in [2.75, 3.05) is 0 Å². The first kappa shape index (κ1) is 99.3. The zero-order chi connectivity index (χ0) is 94.4. The van der Waals surface area contributed by atoms with Crippen molar-refractivity contribution < 1.29 is 0 Å². The predicted octanol–water partition coefficient (Wildman–Crippen LogP) is 22.1. The molecule has 0 aliphatic carbocycles. The number of pyridine rings is 4. The highest BCUT2D eigenvalue weighted by molar-refractivity contribution is 5.94. The van der Waals surface area contributed by atoms with Gasteiger partial charge in [0, 0.05) is 78.8 Å². The molecule has 11 heterocycles. The molecule has 125 heavy (non-hydrogen) atoms. The highest BCUT2D eigenvalue weighted by Crippen LogP contribution is 2.39. The van der Waals surface area contributed by atoms with Crippen molar-refractivity contribution in [3.8, 4) is 0 Å². The van der Waals surface area contributed by atoms with Crippen LogP contribution in [0, 0.1) is 180 Å². The van der Waals surface area contributed by atoms with Gasteiger partial charge in [-0.05, 0) is 322 Å². The number of aromatic nitrogens is 18. The van der Waals surface area contributed by atoms with Crippen LogP contribution in [-0.4, -0.2) is 88.3 Å². The topological polar surface area (TPSA) is 268 Å². The normalized spacial score (nSPS) is 11.5. The quantitative estimate of drug-likeness (QED) is 0.143. The smallest absolute Gasteiger partial charge is 0.311 e. The molecule has 14 rings (SSSR count). The van der Waals surface area contributed by atoms with E-state index in [-0.39, 0.29) is 28.4 Å². The van der Waals surface area contributed by atoms with Gasteiger partial charge >= 0.3 is 11.4 Å². The van der Waals surface area contributed by atoms with Crippen LogP contribution in [0.15, 0.2) is 25.4 Å². The van der Waals surface area contributed by atoms with Crippen molar-refractivity contribution in [2.45, 2.75) is 318 Å². The Bertz CT molecular complexity index is 6860. The van der Waals surface area contributed by atoms with Crippen LogP contribution in [0.4, 0.5) is 0 Å². The third kappa shape index (κ3) is 19.5. The highest BCUT2D eigenvalue weighted by Gasteiger charge is 2.26. The summed E-state index contributed by atoms with van der Waals surface area (Å²) >= 11 is 0. The standard InChI is InChI=1S/C18H25NO.C16H22N2O2.C16H22N2O.C15H20N2.C14H19N3.2C12H16N4/c1-9(2)15-11(4)10(3)12(5)16-13(6)14(7)18(20)19(8)17(15)16;1-8(2)12-10(4)9(3)11(5)13-14(12)17(6)16(20)18(7)15(13)19;1-8(2)13-10(4)9(3)11(5)14-12(6)17-16(19)18(7)15(13)14;1-8(2)13-7-16-12(6)14-10(4)9(3)11(5)17-15(13)14;1-7(2)12-11(6)16-17-13-9(4)8(3)10(5)15-14(12)13;1-6(2)10-12-11(15-9(5)14-10)7(3)13-8(4)16-12;1-6(2)10-11-12(16-9(5)15-10)14-8(4)7(3)13-11/h9H,1-8H3;8H,1-7H3;8H,1-7H3;7-8H,1-6H3;7H,1-6H3;2*6H,1-5H3. The number of rotatable bonds is 7. The van der Waals surface area contributed by atoms with Gasteiger partial charge in [0.1, 0.15) is 39.5 Å². The molecule has 0 atom stereocenters. The molecule has 0 unspecified atom stereocenters. The average Bonchev–Trinajstić information content (AvgIpc) is 0.741. The monoisotopic (exact) mass is 1690 g/mol. The van der Waals surface area contributed by atoms with Crippen LogP contribution in [0.1, 0.15) is 324 Å². The lowest BCUT2D eigenvalue weighted by Gasteiger charge is -2.23. The Morgan fingerprint density at radius 3 is 1.14 bits per heavy atom. The molecule has 0 aliphatic rings. The van der Waals surface area contributed by atoms with Crippen LogP contribution < -0.4 is 22.5 Å². The summed E-state index contributed by atoms with van der Waals surface area (Å²) in [6.07, 6.45) is 1.98. The van der Waals surface area contributed by atoms with Crippen LogP contribution in [0.2, 0.25) is 0 Å². The third-order valence-corrected chi connectivity index (χ3v) is 25.8. The number of nitrogens with zero attached hydrogens (tertiary/aromatic N) is 18. The van der Waals surface area contributed by atoms with Crippen LogP contribution in [-0.2, 0) is 28.2 Å². The first-order valence-corrected chi connectivity index (χ1v) is 44.1. The Balaban J connectivity index is 0.000000181. The van der Waals surface area contributed by atoms with Gasteiger partial charge in [-0.15, -0.1) is 5.10 Å². The molecule has 14 aromatic rings. The molecule has 11 aromatic heterocycles. The van der Waals surface area contributed by atoms with Gasteiger partial charge in [-0.2, -0.15) is 10.1 Å². The summed E-state index contributed by atoms with van der Waals surface area (Å²) in [7, 11) is 6.99.